The number of amides is 1. The summed E-state index contributed by atoms with van der Waals surface area (Å²) in [5.41, 5.74) is 0.747. The molecule has 0 atom stereocenters. The van der Waals surface area contributed by atoms with E-state index >= 15 is 0 Å². The molecular formula is C16H16ClNO3. The molecule has 0 bridgehead atoms. The van der Waals surface area contributed by atoms with E-state index in [0.717, 1.165) is 12.2 Å². The van der Waals surface area contributed by atoms with Gasteiger partial charge in [0, 0.05) is 10.7 Å². The Balaban J connectivity index is 2.07. The van der Waals surface area contributed by atoms with Gasteiger partial charge in [0.2, 0.25) is 0 Å². The Hall–Kier alpha value is -2.20. The molecule has 2 rings (SSSR count). The number of carbonyl (C=O) groups is 1. The number of hydrogen-bond acceptors (Lipinski definition) is 3. The predicted molar refractivity (Wildman–Crippen MR) is 83.3 cm³/mol. The van der Waals surface area contributed by atoms with Crippen molar-refractivity contribution in [2.24, 2.45) is 0 Å². The Morgan fingerprint density at radius 2 is 1.95 bits per heavy atom. The number of rotatable bonds is 5. The Kier molecular flexibility index (Phi) is 5.06. The Morgan fingerprint density at radius 1 is 1.24 bits per heavy atom. The van der Waals surface area contributed by atoms with Crippen LogP contribution in [0.5, 0.6) is 11.5 Å². The molecule has 5 heteroatoms. The van der Waals surface area contributed by atoms with E-state index < -0.39 is 5.91 Å². The highest BCUT2D eigenvalue weighted by Gasteiger charge is 2.12. The number of nitrogens with one attached hydrogen (secondary N) is 1. The highest BCUT2D eigenvalue weighted by Crippen LogP contribution is 2.23. The van der Waals surface area contributed by atoms with Crippen LogP contribution in [0.2, 0.25) is 5.02 Å². The van der Waals surface area contributed by atoms with Crippen molar-refractivity contribution in [1.29, 1.82) is 0 Å². The van der Waals surface area contributed by atoms with Gasteiger partial charge in [-0.3, -0.25) is 4.79 Å². The summed E-state index contributed by atoms with van der Waals surface area (Å²) in [5.74, 6) is 0.220. The number of aromatic hydroxyl groups is 1. The molecule has 21 heavy (non-hydrogen) atoms. The molecule has 0 saturated heterocycles. The highest BCUT2D eigenvalue weighted by atomic mass is 35.5. The van der Waals surface area contributed by atoms with E-state index in [9.17, 15) is 9.90 Å². The van der Waals surface area contributed by atoms with Gasteiger partial charge in [-0.25, -0.2) is 0 Å². The molecule has 2 aromatic carbocycles. The third kappa shape index (κ3) is 4.13. The van der Waals surface area contributed by atoms with Crippen LogP contribution in [0.4, 0.5) is 5.69 Å². The normalized spacial score (nSPS) is 10.2. The van der Waals surface area contributed by atoms with Gasteiger partial charge in [0.05, 0.1) is 12.2 Å². The fourth-order valence-corrected chi connectivity index (χ4v) is 1.92. The largest absolute Gasteiger partial charge is 0.507 e. The van der Waals surface area contributed by atoms with E-state index in [1.165, 1.54) is 18.2 Å². The first kappa shape index (κ1) is 15.2. The van der Waals surface area contributed by atoms with Crippen molar-refractivity contribution in [2.75, 3.05) is 11.9 Å². The molecule has 2 aromatic rings. The van der Waals surface area contributed by atoms with Crippen molar-refractivity contribution in [3.8, 4) is 11.5 Å². The van der Waals surface area contributed by atoms with E-state index in [4.69, 9.17) is 16.3 Å². The maximum Gasteiger partial charge on any atom is 0.259 e. The standard InChI is InChI=1S/C16H16ClNO3/c1-2-9-21-13-6-4-12(5-7-13)18-16(20)14-10-11(17)3-8-15(14)19/h3-8,10,19H,2,9H2,1H3,(H,18,20). The zero-order chi connectivity index (χ0) is 15.2. The van der Waals surface area contributed by atoms with Crippen molar-refractivity contribution in [3.05, 3.63) is 53.1 Å². The van der Waals surface area contributed by atoms with E-state index in [1.54, 1.807) is 24.3 Å². The molecular weight excluding hydrogens is 290 g/mol. The van der Waals surface area contributed by atoms with Gasteiger partial charge in [-0.15, -0.1) is 0 Å². The van der Waals surface area contributed by atoms with E-state index in [0.29, 0.717) is 17.3 Å². The number of benzene rings is 2. The lowest BCUT2D eigenvalue weighted by Crippen LogP contribution is -2.12. The van der Waals surface area contributed by atoms with Crippen molar-refractivity contribution in [2.45, 2.75) is 13.3 Å². The Bertz CT molecular complexity index is 626. The van der Waals surface area contributed by atoms with Crippen molar-refractivity contribution >= 4 is 23.2 Å². The Morgan fingerprint density at radius 3 is 2.62 bits per heavy atom. The van der Waals surface area contributed by atoms with E-state index in [-0.39, 0.29) is 11.3 Å². The summed E-state index contributed by atoms with van der Waals surface area (Å²) < 4.78 is 5.46. The van der Waals surface area contributed by atoms with Crippen LogP contribution >= 0.6 is 11.6 Å². The molecule has 4 nitrogen and oxygen atoms in total. The van der Waals surface area contributed by atoms with Gasteiger partial charge in [-0.2, -0.15) is 0 Å². The van der Waals surface area contributed by atoms with Gasteiger partial charge in [-0.05, 0) is 48.9 Å². The first-order chi connectivity index (χ1) is 10.1. The third-order valence-corrected chi connectivity index (χ3v) is 3.02. The number of hydrogen-bond donors (Lipinski definition) is 2. The van der Waals surface area contributed by atoms with Crippen LogP contribution < -0.4 is 10.1 Å². The number of phenolic OH excluding ortho intramolecular Hbond substituents is 1. The molecule has 0 aromatic heterocycles. The fourth-order valence-electron chi connectivity index (χ4n) is 1.74. The van der Waals surface area contributed by atoms with E-state index in [2.05, 4.69) is 5.32 Å². The predicted octanol–water partition coefficient (Wildman–Crippen LogP) is 4.09. The molecule has 0 fully saturated rings. The Labute approximate surface area is 128 Å². The minimum absolute atomic E-state index is 0.111. The highest BCUT2D eigenvalue weighted by molar-refractivity contribution is 6.31. The summed E-state index contributed by atoms with van der Waals surface area (Å²) in [6, 6.07) is 11.4. The maximum atomic E-state index is 12.1. The lowest BCUT2D eigenvalue weighted by Gasteiger charge is -2.09. The van der Waals surface area contributed by atoms with Gasteiger partial charge >= 0.3 is 0 Å². The smallest absolute Gasteiger partial charge is 0.259 e. The summed E-state index contributed by atoms with van der Waals surface area (Å²) in [4.78, 5) is 12.1. The van der Waals surface area contributed by atoms with Crippen LogP contribution in [0.25, 0.3) is 0 Å². The molecule has 0 radical (unpaired) electrons. The fraction of sp³-hybridized carbons (Fsp3) is 0.188. The van der Waals surface area contributed by atoms with Crippen LogP contribution in [0.3, 0.4) is 0 Å². The molecule has 0 unspecified atom stereocenters. The van der Waals surface area contributed by atoms with Crippen LogP contribution in [0, 0.1) is 0 Å². The summed E-state index contributed by atoms with van der Waals surface area (Å²) >= 11 is 5.83. The molecule has 1 amide bonds. The second-order valence-corrected chi connectivity index (χ2v) is 4.92. The van der Waals surface area contributed by atoms with Crippen molar-refractivity contribution in [3.63, 3.8) is 0 Å². The average molecular weight is 306 g/mol. The van der Waals surface area contributed by atoms with Gasteiger partial charge in [-0.1, -0.05) is 18.5 Å². The molecule has 0 aliphatic rings. The first-order valence-electron chi connectivity index (χ1n) is 6.63. The van der Waals surface area contributed by atoms with Gasteiger partial charge in [0.1, 0.15) is 11.5 Å². The zero-order valence-electron chi connectivity index (χ0n) is 11.6. The van der Waals surface area contributed by atoms with Crippen molar-refractivity contribution < 1.29 is 14.6 Å². The zero-order valence-corrected chi connectivity index (χ0v) is 12.4. The number of carbonyl (C=O) groups excluding carboxylic acids is 1. The van der Waals surface area contributed by atoms with Gasteiger partial charge in [0.25, 0.3) is 5.91 Å². The molecule has 0 spiro atoms. The van der Waals surface area contributed by atoms with Crippen LogP contribution in [0.1, 0.15) is 23.7 Å². The average Bonchev–Trinajstić information content (AvgIpc) is 2.49. The van der Waals surface area contributed by atoms with Crippen molar-refractivity contribution in [1.82, 2.24) is 0 Å². The summed E-state index contributed by atoms with van der Waals surface area (Å²) in [6.45, 7) is 2.69. The lowest BCUT2D eigenvalue weighted by molar-refractivity contribution is 0.102. The number of phenols is 1. The molecule has 0 aliphatic carbocycles. The quantitative estimate of drug-likeness (QED) is 0.875. The third-order valence-electron chi connectivity index (χ3n) is 2.79. The minimum Gasteiger partial charge on any atom is -0.507 e. The molecule has 0 heterocycles. The summed E-state index contributed by atoms with van der Waals surface area (Å²) in [5, 5.41) is 12.8. The van der Waals surface area contributed by atoms with Gasteiger partial charge < -0.3 is 15.2 Å². The van der Waals surface area contributed by atoms with Crippen LogP contribution in [-0.4, -0.2) is 17.6 Å². The second kappa shape index (κ2) is 6.99. The second-order valence-electron chi connectivity index (χ2n) is 4.49. The molecule has 2 N–H and O–H groups in total. The number of ether oxygens (including phenoxy) is 1. The maximum absolute atomic E-state index is 12.1. The van der Waals surface area contributed by atoms with Crippen LogP contribution in [-0.2, 0) is 0 Å². The summed E-state index contributed by atoms with van der Waals surface area (Å²) in [7, 11) is 0. The summed E-state index contributed by atoms with van der Waals surface area (Å²) in [6.07, 6.45) is 0.937. The number of anilines is 1. The lowest BCUT2D eigenvalue weighted by atomic mass is 10.2. The molecule has 0 saturated carbocycles. The molecule has 110 valence electrons. The van der Waals surface area contributed by atoms with Gasteiger partial charge in [0.15, 0.2) is 0 Å². The molecule has 0 aliphatic heterocycles. The minimum atomic E-state index is -0.419. The number of halogens is 1. The van der Waals surface area contributed by atoms with Crippen LogP contribution in [0.15, 0.2) is 42.5 Å². The first-order valence-corrected chi connectivity index (χ1v) is 7.00. The topological polar surface area (TPSA) is 58.6 Å². The van der Waals surface area contributed by atoms with E-state index in [1.807, 2.05) is 6.92 Å². The monoisotopic (exact) mass is 305 g/mol. The SMILES string of the molecule is CCCOc1ccc(NC(=O)c2cc(Cl)ccc2O)cc1.